The largest absolute Gasteiger partial charge is 0.482 e. The zero-order chi connectivity index (χ0) is 23.1. The lowest BCUT2D eigenvalue weighted by Gasteiger charge is -2.31. The van der Waals surface area contributed by atoms with E-state index in [9.17, 15) is 9.59 Å². The van der Waals surface area contributed by atoms with Crippen molar-refractivity contribution in [3.63, 3.8) is 0 Å². The molecule has 0 radical (unpaired) electrons. The molecule has 0 spiro atoms. The first kappa shape index (κ1) is 24.9. The topological polar surface area (TPSA) is 58.6 Å². The van der Waals surface area contributed by atoms with E-state index in [1.54, 1.807) is 37.3 Å². The molecule has 1 saturated carbocycles. The molecule has 0 unspecified atom stereocenters. The summed E-state index contributed by atoms with van der Waals surface area (Å²) in [6.45, 7) is 1.79. The van der Waals surface area contributed by atoms with Crippen LogP contribution < -0.4 is 10.1 Å². The third kappa shape index (κ3) is 7.12. The zero-order valence-corrected chi connectivity index (χ0v) is 21.0. The molecule has 32 heavy (non-hydrogen) atoms. The van der Waals surface area contributed by atoms with Crippen LogP contribution in [-0.4, -0.2) is 35.4 Å². The van der Waals surface area contributed by atoms with Gasteiger partial charge in [-0.1, -0.05) is 70.5 Å². The van der Waals surface area contributed by atoms with Gasteiger partial charge in [-0.3, -0.25) is 9.59 Å². The Labute approximate surface area is 207 Å². The van der Waals surface area contributed by atoms with Gasteiger partial charge in [-0.2, -0.15) is 0 Å². The minimum Gasteiger partial charge on any atom is -0.482 e. The Hall–Kier alpha value is -1.76. The Bertz CT molecular complexity index is 933. The van der Waals surface area contributed by atoms with Crippen molar-refractivity contribution in [1.82, 2.24) is 10.2 Å². The molecule has 0 heterocycles. The van der Waals surface area contributed by atoms with Crippen molar-refractivity contribution in [2.75, 3.05) is 6.61 Å². The third-order valence-electron chi connectivity index (χ3n) is 5.63. The van der Waals surface area contributed by atoms with Crippen molar-refractivity contribution < 1.29 is 14.3 Å². The first-order valence-electron chi connectivity index (χ1n) is 10.8. The van der Waals surface area contributed by atoms with Crippen LogP contribution in [0.5, 0.6) is 5.75 Å². The molecule has 2 aromatic carbocycles. The van der Waals surface area contributed by atoms with E-state index in [-0.39, 0.29) is 31.0 Å². The monoisotopic (exact) mass is 540 g/mol. The lowest BCUT2D eigenvalue weighted by Crippen LogP contribution is -2.51. The molecule has 8 heteroatoms. The van der Waals surface area contributed by atoms with Gasteiger partial charge in [-0.05, 0) is 55.7 Å². The molecule has 1 fully saturated rings. The number of benzene rings is 2. The van der Waals surface area contributed by atoms with Crippen LogP contribution in [0.4, 0.5) is 0 Å². The van der Waals surface area contributed by atoms with E-state index >= 15 is 0 Å². The SMILES string of the molecule is C[C@H](C(=O)NC1CCCCC1)N(Cc1ccc(Cl)cc1)C(=O)COc1ccc(Br)cc1Cl. The number of rotatable bonds is 8. The third-order valence-corrected chi connectivity index (χ3v) is 6.67. The predicted octanol–water partition coefficient (Wildman–Crippen LogP) is 6.00. The molecule has 5 nitrogen and oxygen atoms in total. The summed E-state index contributed by atoms with van der Waals surface area (Å²) in [5.41, 5.74) is 0.877. The van der Waals surface area contributed by atoms with E-state index in [1.165, 1.54) is 11.3 Å². The smallest absolute Gasteiger partial charge is 0.261 e. The quantitative estimate of drug-likeness (QED) is 0.445. The standard InChI is InChI=1S/C24H27BrCl2N2O3/c1-16(24(31)28-20-5-3-2-4-6-20)29(14-17-7-10-19(26)11-8-17)23(30)15-32-22-12-9-18(25)13-21(22)27/h7-13,16,20H,2-6,14-15H2,1H3,(H,28,31)/t16-/m1/s1. The molecule has 1 atom stereocenters. The van der Waals surface area contributed by atoms with Gasteiger partial charge >= 0.3 is 0 Å². The average molecular weight is 542 g/mol. The molecular formula is C24H27BrCl2N2O3. The fraction of sp³-hybridized carbons (Fsp3) is 0.417. The highest BCUT2D eigenvalue weighted by Gasteiger charge is 2.28. The fourth-order valence-electron chi connectivity index (χ4n) is 3.75. The molecule has 1 aliphatic rings. The number of nitrogens with zero attached hydrogens (tertiary/aromatic N) is 1. The highest BCUT2D eigenvalue weighted by molar-refractivity contribution is 9.10. The summed E-state index contributed by atoms with van der Waals surface area (Å²) in [6, 6.07) is 11.9. The summed E-state index contributed by atoms with van der Waals surface area (Å²) < 4.78 is 6.49. The van der Waals surface area contributed by atoms with E-state index in [2.05, 4.69) is 21.2 Å². The Morgan fingerprint density at radius 3 is 2.47 bits per heavy atom. The van der Waals surface area contributed by atoms with E-state index in [0.717, 1.165) is 35.7 Å². The second-order valence-electron chi connectivity index (χ2n) is 8.03. The number of amides is 2. The van der Waals surface area contributed by atoms with Crippen LogP contribution in [0.1, 0.15) is 44.6 Å². The van der Waals surface area contributed by atoms with Crippen LogP contribution in [0.15, 0.2) is 46.9 Å². The average Bonchev–Trinajstić information content (AvgIpc) is 2.78. The van der Waals surface area contributed by atoms with Crippen LogP contribution in [0.2, 0.25) is 10.0 Å². The number of carbonyl (C=O) groups is 2. The summed E-state index contributed by atoms with van der Waals surface area (Å²) in [7, 11) is 0. The van der Waals surface area contributed by atoms with Crippen LogP contribution in [0, 0.1) is 0 Å². The lowest BCUT2D eigenvalue weighted by molar-refractivity contribution is -0.142. The molecule has 0 saturated heterocycles. The van der Waals surface area contributed by atoms with Crippen LogP contribution in [0.3, 0.4) is 0 Å². The highest BCUT2D eigenvalue weighted by Crippen LogP contribution is 2.28. The van der Waals surface area contributed by atoms with E-state index < -0.39 is 6.04 Å². The number of ether oxygens (including phenoxy) is 1. The van der Waals surface area contributed by atoms with Crippen LogP contribution in [-0.2, 0) is 16.1 Å². The van der Waals surface area contributed by atoms with Crippen molar-refractivity contribution in [3.05, 3.63) is 62.5 Å². The minimum atomic E-state index is -0.649. The Balaban J connectivity index is 1.71. The van der Waals surface area contributed by atoms with Crippen molar-refractivity contribution >= 4 is 50.9 Å². The summed E-state index contributed by atoms with van der Waals surface area (Å²) in [4.78, 5) is 27.7. The van der Waals surface area contributed by atoms with Crippen molar-refractivity contribution in [3.8, 4) is 5.75 Å². The first-order chi connectivity index (χ1) is 15.3. The molecule has 2 aromatic rings. The van der Waals surface area contributed by atoms with Gasteiger partial charge in [0.05, 0.1) is 5.02 Å². The number of carbonyl (C=O) groups excluding carboxylic acids is 2. The normalized spacial score (nSPS) is 15.1. The molecule has 172 valence electrons. The van der Waals surface area contributed by atoms with Crippen LogP contribution in [0.25, 0.3) is 0 Å². The van der Waals surface area contributed by atoms with Gasteiger partial charge in [0.15, 0.2) is 6.61 Å². The summed E-state index contributed by atoms with van der Waals surface area (Å²) in [5.74, 6) is -0.0416. The Kier molecular flexibility index (Phi) is 9.26. The van der Waals surface area contributed by atoms with Gasteiger partial charge in [-0.15, -0.1) is 0 Å². The van der Waals surface area contributed by atoms with Crippen molar-refractivity contribution in [2.24, 2.45) is 0 Å². The molecule has 0 aromatic heterocycles. The second-order valence-corrected chi connectivity index (χ2v) is 9.79. The lowest BCUT2D eigenvalue weighted by atomic mass is 9.95. The van der Waals surface area contributed by atoms with Gasteiger partial charge in [0.2, 0.25) is 5.91 Å². The minimum absolute atomic E-state index is 0.152. The van der Waals surface area contributed by atoms with Gasteiger partial charge in [0.25, 0.3) is 5.91 Å². The summed E-state index contributed by atoms with van der Waals surface area (Å²) in [6.07, 6.45) is 5.41. The fourth-order valence-corrected chi connectivity index (χ4v) is 4.61. The van der Waals surface area contributed by atoms with E-state index in [1.807, 2.05) is 12.1 Å². The molecule has 0 aliphatic heterocycles. The first-order valence-corrected chi connectivity index (χ1v) is 12.3. The number of hydrogen-bond donors (Lipinski definition) is 1. The van der Waals surface area contributed by atoms with Gasteiger partial charge < -0.3 is 15.0 Å². The number of nitrogens with one attached hydrogen (secondary N) is 1. The maximum absolute atomic E-state index is 13.1. The predicted molar refractivity (Wildman–Crippen MR) is 131 cm³/mol. The van der Waals surface area contributed by atoms with Crippen molar-refractivity contribution in [2.45, 2.75) is 57.7 Å². The summed E-state index contributed by atoms with van der Waals surface area (Å²) in [5, 5.41) is 4.13. The molecule has 1 N–H and O–H groups in total. The van der Waals surface area contributed by atoms with E-state index in [4.69, 9.17) is 27.9 Å². The molecule has 0 bridgehead atoms. The summed E-state index contributed by atoms with van der Waals surface area (Å²) >= 11 is 15.5. The Morgan fingerprint density at radius 2 is 1.81 bits per heavy atom. The molecular weight excluding hydrogens is 515 g/mol. The molecule has 3 rings (SSSR count). The number of hydrogen-bond acceptors (Lipinski definition) is 3. The number of halogens is 3. The van der Waals surface area contributed by atoms with E-state index in [0.29, 0.717) is 15.8 Å². The van der Waals surface area contributed by atoms with Gasteiger partial charge in [0.1, 0.15) is 11.8 Å². The Morgan fingerprint density at radius 1 is 1.12 bits per heavy atom. The van der Waals surface area contributed by atoms with Crippen LogP contribution >= 0.6 is 39.1 Å². The molecule has 1 aliphatic carbocycles. The van der Waals surface area contributed by atoms with Gasteiger partial charge in [0, 0.05) is 22.1 Å². The maximum Gasteiger partial charge on any atom is 0.261 e. The van der Waals surface area contributed by atoms with Gasteiger partial charge in [-0.25, -0.2) is 0 Å². The highest BCUT2D eigenvalue weighted by atomic mass is 79.9. The maximum atomic E-state index is 13.1. The second kappa shape index (κ2) is 11.9. The molecule has 2 amide bonds. The zero-order valence-electron chi connectivity index (χ0n) is 18.0. The van der Waals surface area contributed by atoms with Crippen molar-refractivity contribution in [1.29, 1.82) is 0 Å².